The lowest BCUT2D eigenvalue weighted by Crippen LogP contribution is -2.31. The van der Waals surface area contributed by atoms with Gasteiger partial charge in [0.1, 0.15) is 0 Å². The zero-order valence-corrected chi connectivity index (χ0v) is 9.20. The van der Waals surface area contributed by atoms with Gasteiger partial charge in [-0.1, -0.05) is 0 Å². The Labute approximate surface area is 92.7 Å². The minimum absolute atomic E-state index is 0.0461. The van der Waals surface area contributed by atoms with Crippen molar-refractivity contribution in [2.24, 2.45) is 5.73 Å². The first-order valence-electron chi connectivity index (χ1n) is 4.80. The predicted octanol–water partition coefficient (Wildman–Crippen LogP) is -0.0310. The molecular formula is C9H14FN5O. The predicted molar refractivity (Wildman–Crippen MR) is 58.6 cm³/mol. The first-order valence-corrected chi connectivity index (χ1v) is 4.80. The highest BCUT2D eigenvalue weighted by Crippen LogP contribution is 2.15. The monoisotopic (exact) mass is 227 g/mol. The van der Waals surface area contributed by atoms with Crippen LogP contribution in [0.1, 0.15) is 6.92 Å². The zero-order valence-electron chi connectivity index (χ0n) is 9.20. The third kappa shape index (κ3) is 3.04. The van der Waals surface area contributed by atoms with Gasteiger partial charge in [-0.05, 0) is 6.92 Å². The molecule has 0 radical (unpaired) electrons. The summed E-state index contributed by atoms with van der Waals surface area (Å²) in [6, 6.07) is 0. The van der Waals surface area contributed by atoms with E-state index in [9.17, 15) is 9.18 Å². The maximum absolute atomic E-state index is 13.4. The van der Waals surface area contributed by atoms with E-state index in [0.29, 0.717) is 12.5 Å². The summed E-state index contributed by atoms with van der Waals surface area (Å²) < 4.78 is 13.4. The van der Waals surface area contributed by atoms with Crippen LogP contribution in [0.15, 0.2) is 6.20 Å². The third-order valence-electron chi connectivity index (χ3n) is 1.82. The van der Waals surface area contributed by atoms with Crippen molar-refractivity contribution >= 4 is 17.7 Å². The van der Waals surface area contributed by atoms with Crippen LogP contribution in [-0.4, -0.2) is 36.0 Å². The molecule has 1 aromatic rings. The number of nitrogens with zero attached hydrogens (tertiary/aromatic N) is 3. The summed E-state index contributed by atoms with van der Waals surface area (Å²) in [6.07, 6.45) is 1.05. The van der Waals surface area contributed by atoms with Crippen LogP contribution in [-0.2, 0) is 4.79 Å². The topological polar surface area (TPSA) is 84.1 Å². The fourth-order valence-corrected chi connectivity index (χ4v) is 1.18. The summed E-state index contributed by atoms with van der Waals surface area (Å²) in [5.74, 6) is -0.782. The van der Waals surface area contributed by atoms with Gasteiger partial charge in [0, 0.05) is 13.6 Å². The molecule has 0 bridgehead atoms. The largest absolute Gasteiger partial charge is 0.368 e. The number of hydrogen-bond acceptors (Lipinski definition) is 5. The van der Waals surface area contributed by atoms with E-state index in [1.165, 1.54) is 11.9 Å². The number of hydrogen-bond donors (Lipinski definition) is 2. The van der Waals surface area contributed by atoms with E-state index >= 15 is 0 Å². The molecule has 0 aromatic carbocycles. The van der Waals surface area contributed by atoms with Crippen molar-refractivity contribution in [3.8, 4) is 0 Å². The van der Waals surface area contributed by atoms with Crippen molar-refractivity contribution in [3.05, 3.63) is 12.0 Å². The second kappa shape index (κ2) is 5.24. The Bertz CT molecular complexity index is 384. The number of aromatic nitrogens is 2. The van der Waals surface area contributed by atoms with Crippen molar-refractivity contribution in [1.82, 2.24) is 9.97 Å². The van der Waals surface area contributed by atoms with Crippen LogP contribution in [0.4, 0.5) is 16.2 Å². The molecule has 0 saturated carbocycles. The van der Waals surface area contributed by atoms with E-state index in [1.807, 2.05) is 6.92 Å². The second-order valence-corrected chi connectivity index (χ2v) is 3.22. The van der Waals surface area contributed by atoms with E-state index in [2.05, 4.69) is 15.3 Å². The summed E-state index contributed by atoms with van der Waals surface area (Å²) >= 11 is 0. The maximum atomic E-state index is 13.4. The standard InChI is InChI=1S/C9H14FN5O/c1-3-12-9-13-4-6(10)8(14-9)15(2)5-7(11)16/h4H,3,5H2,1-2H3,(H2,11,16)(H,12,13,14). The van der Waals surface area contributed by atoms with Gasteiger partial charge in [0.15, 0.2) is 11.6 Å². The molecule has 1 amide bonds. The number of likely N-dealkylation sites (N-methyl/N-ethyl adjacent to an activating group) is 1. The highest BCUT2D eigenvalue weighted by molar-refractivity contribution is 5.79. The maximum Gasteiger partial charge on any atom is 0.236 e. The van der Waals surface area contributed by atoms with Crippen LogP contribution in [0.2, 0.25) is 0 Å². The Hall–Kier alpha value is -1.92. The average molecular weight is 227 g/mol. The number of rotatable bonds is 5. The summed E-state index contributed by atoms with van der Waals surface area (Å²) in [7, 11) is 1.53. The molecule has 6 nitrogen and oxygen atoms in total. The Morgan fingerprint density at radius 2 is 2.38 bits per heavy atom. The molecule has 0 fully saturated rings. The van der Waals surface area contributed by atoms with Gasteiger partial charge >= 0.3 is 0 Å². The van der Waals surface area contributed by atoms with Gasteiger partial charge in [0.05, 0.1) is 12.7 Å². The number of carbonyl (C=O) groups excluding carboxylic acids is 1. The number of anilines is 2. The molecule has 0 unspecified atom stereocenters. The van der Waals surface area contributed by atoms with Crippen molar-refractivity contribution in [2.75, 3.05) is 30.4 Å². The molecule has 0 aliphatic heterocycles. The lowest BCUT2D eigenvalue weighted by Gasteiger charge is -2.17. The Morgan fingerprint density at radius 3 is 2.94 bits per heavy atom. The lowest BCUT2D eigenvalue weighted by atomic mass is 10.4. The van der Waals surface area contributed by atoms with Crippen LogP contribution in [0, 0.1) is 5.82 Å². The SMILES string of the molecule is CCNc1ncc(F)c(N(C)CC(N)=O)n1. The lowest BCUT2D eigenvalue weighted by molar-refractivity contribution is -0.116. The highest BCUT2D eigenvalue weighted by atomic mass is 19.1. The molecular weight excluding hydrogens is 213 g/mol. The second-order valence-electron chi connectivity index (χ2n) is 3.22. The van der Waals surface area contributed by atoms with E-state index in [1.54, 1.807) is 0 Å². The Balaban J connectivity index is 2.92. The van der Waals surface area contributed by atoms with Gasteiger partial charge in [-0.15, -0.1) is 0 Å². The zero-order chi connectivity index (χ0) is 12.1. The molecule has 7 heteroatoms. The molecule has 1 aromatic heterocycles. The number of nitrogens with one attached hydrogen (secondary N) is 1. The van der Waals surface area contributed by atoms with Gasteiger partial charge in [0.25, 0.3) is 0 Å². The minimum atomic E-state index is -0.592. The summed E-state index contributed by atoms with van der Waals surface area (Å²) in [5, 5.41) is 2.85. The van der Waals surface area contributed by atoms with Crippen molar-refractivity contribution in [1.29, 1.82) is 0 Å². The van der Waals surface area contributed by atoms with Crippen molar-refractivity contribution < 1.29 is 9.18 Å². The van der Waals surface area contributed by atoms with Crippen LogP contribution >= 0.6 is 0 Å². The summed E-state index contributed by atoms with van der Waals surface area (Å²) in [4.78, 5) is 19.7. The van der Waals surface area contributed by atoms with Crippen LogP contribution < -0.4 is 16.0 Å². The average Bonchev–Trinajstić information content (AvgIpc) is 2.20. The van der Waals surface area contributed by atoms with E-state index in [-0.39, 0.29) is 12.4 Å². The van der Waals surface area contributed by atoms with Gasteiger partial charge < -0.3 is 16.0 Å². The van der Waals surface area contributed by atoms with Crippen molar-refractivity contribution in [3.63, 3.8) is 0 Å². The first kappa shape index (κ1) is 12.2. The Morgan fingerprint density at radius 1 is 1.69 bits per heavy atom. The fraction of sp³-hybridized carbons (Fsp3) is 0.444. The molecule has 88 valence electrons. The summed E-state index contributed by atoms with van der Waals surface area (Å²) in [5.41, 5.74) is 5.02. The number of primary amides is 1. The molecule has 1 heterocycles. The quantitative estimate of drug-likeness (QED) is 0.738. The third-order valence-corrected chi connectivity index (χ3v) is 1.82. The van der Waals surface area contributed by atoms with Crippen LogP contribution in [0.5, 0.6) is 0 Å². The van der Waals surface area contributed by atoms with Gasteiger partial charge in [-0.25, -0.2) is 9.37 Å². The Kier molecular flexibility index (Phi) is 3.98. The summed E-state index contributed by atoms with van der Waals surface area (Å²) in [6.45, 7) is 2.41. The molecule has 16 heavy (non-hydrogen) atoms. The molecule has 0 saturated heterocycles. The number of nitrogens with two attached hydrogens (primary N) is 1. The van der Waals surface area contributed by atoms with Gasteiger partial charge in [0.2, 0.25) is 11.9 Å². The molecule has 0 spiro atoms. The molecule has 0 atom stereocenters. The van der Waals surface area contributed by atoms with E-state index in [4.69, 9.17) is 5.73 Å². The molecule has 0 aliphatic rings. The van der Waals surface area contributed by atoms with Gasteiger partial charge in [-0.2, -0.15) is 4.98 Å². The fourth-order valence-electron chi connectivity index (χ4n) is 1.18. The van der Waals surface area contributed by atoms with Crippen LogP contribution in [0.25, 0.3) is 0 Å². The smallest absolute Gasteiger partial charge is 0.236 e. The first-order chi connectivity index (χ1) is 7.54. The van der Waals surface area contributed by atoms with E-state index < -0.39 is 11.7 Å². The van der Waals surface area contributed by atoms with Crippen LogP contribution in [0.3, 0.4) is 0 Å². The van der Waals surface area contributed by atoms with Crippen molar-refractivity contribution in [2.45, 2.75) is 6.92 Å². The number of amides is 1. The number of carbonyl (C=O) groups is 1. The molecule has 0 aliphatic carbocycles. The van der Waals surface area contributed by atoms with E-state index in [0.717, 1.165) is 6.20 Å². The minimum Gasteiger partial charge on any atom is -0.368 e. The molecule has 3 N–H and O–H groups in total. The normalized spacial score (nSPS) is 9.94. The number of halogens is 1. The highest BCUT2D eigenvalue weighted by Gasteiger charge is 2.12. The molecule has 1 rings (SSSR count). The van der Waals surface area contributed by atoms with Gasteiger partial charge in [-0.3, -0.25) is 4.79 Å².